The van der Waals surface area contributed by atoms with Crippen LogP contribution in [0.3, 0.4) is 0 Å². The van der Waals surface area contributed by atoms with Crippen molar-refractivity contribution < 1.29 is 14.6 Å². The van der Waals surface area contributed by atoms with E-state index in [1.807, 2.05) is 33.0 Å². The number of aromatic nitrogens is 1. The molecule has 190 valence electrons. The van der Waals surface area contributed by atoms with Gasteiger partial charge in [0.25, 0.3) is 5.56 Å². The predicted octanol–water partition coefficient (Wildman–Crippen LogP) is 3.64. The fourth-order valence-corrected chi connectivity index (χ4v) is 5.14. The second-order valence-electron chi connectivity index (χ2n) is 10.4. The van der Waals surface area contributed by atoms with Crippen LogP contribution in [0.2, 0.25) is 0 Å². The average molecular weight is 483 g/mol. The summed E-state index contributed by atoms with van der Waals surface area (Å²) in [5.74, 6) is 0.0298. The largest absolute Gasteiger partial charge is 0.480 e. The summed E-state index contributed by atoms with van der Waals surface area (Å²) >= 11 is 0. The van der Waals surface area contributed by atoms with Crippen LogP contribution in [0.1, 0.15) is 56.0 Å². The molecule has 0 amide bonds. The maximum Gasteiger partial charge on any atom is 0.320 e. The van der Waals surface area contributed by atoms with Crippen LogP contribution < -0.4 is 21.1 Å². The van der Waals surface area contributed by atoms with Crippen molar-refractivity contribution in [1.82, 2.24) is 9.88 Å². The fourth-order valence-electron chi connectivity index (χ4n) is 5.14. The van der Waals surface area contributed by atoms with Gasteiger partial charge in [-0.3, -0.25) is 9.59 Å². The van der Waals surface area contributed by atoms with Crippen LogP contribution in [0.4, 0.5) is 11.4 Å². The van der Waals surface area contributed by atoms with E-state index in [1.165, 1.54) is 0 Å². The summed E-state index contributed by atoms with van der Waals surface area (Å²) in [4.78, 5) is 26.3. The molecule has 0 saturated carbocycles. The number of hydrogen-bond donors (Lipinski definition) is 3. The molecular formula is C27H38N4O4. The van der Waals surface area contributed by atoms with Crippen LogP contribution in [0.5, 0.6) is 0 Å². The summed E-state index contributed by atoms with van der Waals surface area (Å²) in [6.45, 7) is 8.92. The van der Waals surface area contributed by atoms with Crippen LogP contribution >= 0.6 is 0 Å². The number of pyridine rings is 1. The van der Waals surface area contributed by atoms with Crippen molar-refractivity contribution in [2.24, 2.45) is 18.9 Å². The molecule has 35 heavy (non-hydrogen) atoms. The summed E-state index contributed by atoms with van der Waals surface area (Å²) in [5, 5.41) is 16.4. The van der Waals surface area contributed by atoms with Gasteiger partial charge in [0.05, 0.1) is 11.4 Å². The lowest BCUT2D eigenvalue weighted by Gasteiger charge is -2.33. The zero-order valence-electron chi connectivity index (χ0n) is 21.2. The van der Waals surface area contributed by atoms with Gasteiger partial charge in [0.15, 0.2) is 0 Å². The highest BCUT2D eigenvalue weighted by Gasteiger charge is 2.33. The summed E-state index contributed by atoms with van der Waals surface area (Å²) < 4.78 is 7.22. The van der Waals surface area contributed by atoms with Crippen molar-refractivity contribution in [3.8, 4) is 0 Å². The van der Waals surface area contributed by atoms with Gasteiger partial charge >= 0.3 is 5.97 Å². The van der Waals surface area contributed by atoms with E-state index in [0.29, 0.717) is 24.8 Å². The van der Waals surface area contributed by atoms with Crippen LogP contribution in [-0.2, 0) is 23.1 Å². The molecule has 0 aliphatic carbocycles. The molecule has 2 aliphatic rings. The zero-order chi connectivity index (χ0) is 25.1. The maximum atomic E-state index is 12.3. The molecule has 4 rings (SSSR count). The Kier molecular flexibility index (Phi) is 7.82. The molecule has 1 aromatic heterocycles. The topological polar surface area (TPSA) is 95.8 Å². The van der Waals surface area contributed by atoms with Crippen molar-refractivity contribution in [2.45, 2.75) is 58.8 Å². The number of nitrogens with one attached hydrogen (secondary N) is 2. The molecule has 3 heterocycles. The highest BCUT2D eigenvalue weighted by atomic mass is 16.5. The van der Waals surface area contributed by atoms with Crippen molar-refractivity contribution in [3.05, 3.63) is 57.5 Å². The number of anilines is 2. The smallest absolute Gasteiger partial charge is 0.320 e. The molecule has 0 spiro atoms. The molecular weight excluding hydrogens is 444 g/mol. The average Bonchev–Trinajstić information content (AvgIpc) is 3.17. The standard InChI is InChI=1S/C27H38N4O4/c1-17(2)11-23(27(33)34)28-14-20-5-6-24-22(13-20)29-25(21-12-18(3)26(32)30(4)16-21)31(24)15-19-7-9-35-10-8-19/h5-6,12-13,16-17,19,23,25,28-29H,7-11,14-15H2,1-4H3,(H,33,34). The van der Waals surface area contributed by atoms with Gasteiger partial charge in [-0.05, 0) is 61.8 Å². The van der Waals surface area contributed by atoms with E-state index in [4.69, 9.17) is 4.74 Å². The molecule has 8 nitrogen and oxygen atoms in total. The number of hydrogen-bond acceptors (Lipinski definition) is 6. The van der Waals surface area contributed by atoms with Crippen molar-refractivity contribution >= 4 is 17.3 Å². The Hall–Kier alpha value is -2.84. The number of ether oxygens (including phenoxy) is 1. The van der Waals surface area contributed by atoms with Crippen molar-refractivity contribution in [2.75, 3.05) is 30.0 Å². The molecule has 2 aromatic rings. The van der Waals surface area contributed by atoms with Gasteiger partial charge in [0.1, 0.15) is 12.2 Å². The van der Waals surface area contributed by atoms with Crippen LogP contribution in [0.15, 0.2) is 35.3 Å². The van der Waals surface area contributed by atoms with E-state index in [2.05, 4.69) is 33.7 Å². The van der Waals surface area contributed by atoms with Gasteiger partial charge in [0, 0.05) is 50.7 Å². The number of fused-ring (bicyclic) bond motifs is 1. The minimum atomic E-state index is -0.814. The Labute approximate surface area is 207 Å². The summed E-state index contributed by atoms with van der Waals surface area (Å²) in [5.41, 5.74) is 4.99. The number of carbonyl (C=O) groups is 1. The van der Waals surface area contributed by atoms with Gasteiger partial charge < -0.3 is 29.9 Å². The van der Waals surface area contributed by atoms with E-state index < -0.39 is 12.0 Å². The molecule has 1 fully saturated rings. The highest BCUT2D eigenvalue weighted by molar-refractivity contribution is 5.77. The monoisotopic (exact) mass is 482 g/mol. The number of rotatable bonds is 9. The molecule has 8 heteroatoms. The third-order valence-corrected chi connectivity index (χ3v) is 7.03. The van der Waals surface area contributed by atoms with Crippen LogP contribution in [0.25, 0.3) is 0 Å². The first-order valence-electron chi connectivity index (χ1n) is 12.6. The van der Waals surface area contributed by atoms with Crippen molar-refractivity contribution in [1.29, 1.82) is 0 Å². The lowest BCUT2D eigenvalue weighted by Crippen LogP contribution is -2.37. The van der Waals surface area contributed by atoms with Gasteiger partial charge in [-0.15, -0.1) is 0 Å². The van der Waals surface area contributed by atoms with E-state index in [-0.39, 0.29) is 11.7 Å². The van der Waals surface area contributed by atoms with Gasteiger partial charge in [-0.2, -0.15) is 0 Å². The van der Waals surface area contributed by atoms with E-state index in [1.54, 1.807) is 11.6 Å². The first kappa shape index (κ1) is 25.3. The summed E-state index contributed by atoms with van der Waals surface area (Å²) in [6, 6.07) is 7.73. The van der Waals surface area contributed by atoms with Gasteiger partial charge in [-0.1, -0.05) is 19.9 Å². The number of nitrogens with zero attached hydrogens (tertiary/aromatic N) is 2. The first-order chi connectivity index (χ1) is 16.7. The summed E-state index contributed by atoms with van der Waals surface area (Å²) in [7, 11) is 1.80. The van der Waals surface area contributed by atoms with Crippen LogP contribution in [-0.4, -0.2) is 41.4 Å². The summed E-state index contributed by atoms with van der Waals surface area (Å²) in [6.07, 6.45) is 4.51. The Morgan fingerprint density at radius 1 is 1.26 bits per heavy atom. The third-order valence-electron chi connectivity index (χ3n) is 7.03. The van der Waals surface area contributed by atoms with E-state index >= 15 is 0 Å². The Morgan fingerprint density at radius 3 is 2.66 bits per heavy atom. The minimum absolute atomic E-state index is 0.0167. The number of aliphatic carboxylic acids is 1. The van der Waals surface area contributed by atoms with E-state index in [9.17, 15) is 14.7 Å². The van der Waals surface area contributed by atoms with E-state index in [0.717, 1.165) is 60.7 Å². The number of carboxylic acids is 1. The second kappa shape index (κ2) is 10.8. The lowest BCUT2D eigenvalue weighted by molar-refractivity contribution is -0.140. The molecule has 2 atom stereocenters. The SMILES string of the molecule is Cc1cc(C2Nc3cc(CNC(CC(C)C)C(=O)O)ccc3N2CC2CCOCC2)cn(C)c1=O. The molecule has 1 aromatic carbocycles. The molecule has 2 aliphatic heterocycles. The lowest BCUT2D eigenvalue weighted by atomic mass is 9.98. The molecule has 2 unspecified atom stereocenters. The molecule has 0 bridgehead atoms. The number of aryl methyl sites for hydroxylation is 2. The Morgan fingerprint density at radius 2 is 2.00 bits per heavy atom. The fraction of sp³-hybridized carbons (Fsp3) is 0.556. The first-order valence-corrected chi connectivity index (χ1v) is 12.6. The molecule has 3 N–H and O–H groups in total. The molecule has 1 saturated heterocycles. The second-order valence-corrected chi connectivity index (χ2v) is 10.4. The van der Waals surface area contributed by atoms with Crippen LogP contribution in [0, 0.1) is 18.8 Å². The van der Waals surface area contributed by atoms with Gasteiger partial charge in [-0.25, -0.2) is 0 Å². The Balaban J connectivity index is 1.59. The quantitative estimate of drug-likeness (QED) is 0.502. The maximum absolute atomic E-state index is 12.3. The zero-order valence-corrected chi connectivity index (χ0v) is 21.2. The molecule has 0 radical (unpaired) electrons. The third kappa shape index (κ3) is 5.87. The van der Waals surface area contributed by atoms with Gasteiger partial charge in [0.2, 0.25) is 0 Å². The highest BCUT2D eigenvalue weighted by Crippen LogP contribution is 2.42. The number of benzene rings is 1. The van der Waals surface area contributed by atoms with Crippen molar-refractivity contribution in [3.63, 3.8) is 0 Å². The normalized spacial score (nSPS) is 19.0. The Bertz CT molecular complexity index is 1080. The number of carboxylic acid groups (broad SMARTS) is 1. The predicted molar refractivity (Wildman–Crippen MR) is 138 cm³/mol. The minimum Gasteiger partial charge on any atom is -0.480 e.